The van der Waals surface area contributed by atoms with Crippen LogP contribution in [-0.4, -0.2) is 4.57 Å². The van der Waals surface area contributed by atoms with E-state index in [2.05, 4.69) is 53.2 Å². The van der Waals surface area contributed by atoms with E-state index in [1.807, 2.05) is 48.5 Å². The molecule has 5 rings (SSSR count). The second-order valence-corrected chi connectivity index (χ2v) is 8.54. The van der Waals surface area contributed by atoms with Gasteiger partial charge in [-0.05, 0) is 52.2 Å². The van der Waals surface area contributed by atoms with Gasteiger partial charge in [0.1, 0.15) is 0 Å². The highest BCUT2D eigenvalue weighted by Crippen LogP contribution is 2.29. The number of aromatic nitrogens is 1. The van der Waals surface area contributed by atoms with Crippen LogP contribution in [0.25, 0.3) is 33.3 Å². The molecule has 32 heavy (non-hydrogen) atoms. The monoisotopic (exact) mass is 452 g/mol. The largest absolute Gasteiger partial charge is 0.342 e. The number of rotatable bonds is 4. The van der Waals surface area contributed by atoms with E-state index in [0.29, 0.717) is 22.2 Å². The maximum absolute atomic E-state index is 9.93. The zero-order chi connectivity index (χ0) is 22.1. The van der Waals surface area contributed by atoms with Crippen LogP contribution in [-0.2, 0) is 6.54 Å². The van der Waals surface area contributed by atoms with Gasteiger partial charge in [0, 0.05) is 39.3 Å². The van der Waals surface area contributed by atoms with Gasteiger partial charge < -0.3 is 4.57 Å². The van der Waals surface area contributed by atoms with Crippen molar-refractivity contribution in [1.82, 2.24) is 4.57 Å². The van der Waals surface area contributed by atoms with Crippen LogP contribution in [0.4, 0.5) is 0 Å². The fourth-order valence-corrected chi connectivity index (χ4v) is 4.52. The average molecular weight is 453 g/mol. The molecule has 4 heteroatoms. The standard InChI is InChI=1S/C28H18Cl2N2/c29-25-12-11-22(27(30)15-25)17-32-18-24(26-7-3-4-8-28(26)32)14-23(16-31)21-10-9-19-5-1-2-6-20(19)13-21/h1-15,18H,17H2. The number of nitrogens with zero attached hydrogens (tertiary/aromatic N) is 2. The van der Waals surface area contributed by atoms with Crippen molar-refractivity contribution in [2.24, 2.45) is 0 Å². The van der Waals surface area contributed by atoms with E-state index in [1.165, 1.54) is 0 Å². The van der Waals surface area contributed by atoms with Crippen LogP contribution in [0.3, 0.4) is 0 Å². The van der Waals surface area contributed by atoms with E-state index < -0.39 is 0 Å². The molecule has 0 radical (unpaired) electrons. The van der Waals surface area contributed by atoms with Gasteiger partial charge in [-0.15, -0.1) is 0 Å². The van der Waals surface area contributed by atoms with Gasteiger partial charge in [-0.1, -0.05) is 83.9 Å². The summed E-state index contributed by atoms with van der Waals surface area (Å²) < 4.78 is 2.16. The Bertz CT molecular complexity index is 1540. The van der Waals surface area contributed by atoms with Crippen LogP contribution in [0.15, 0.2) is 91.1 Å². The van der Waals surface area contributed by atoms with Gasteiger partial charge in [0.15, 0.2) is 0 Å². The molecule has 0 atom stereocenters. The third-order valence-electron chi connectivity index (χ3n) is 5.66. The summed E-state index contributed by atoms with van der Waals surface area (Å²) in [6.45, 7) is 0.613. The van der Waals surface area contributed by atoms with Crippen molar-refractivity contribution in [3.8, 4) is 6.07 Å². The number of allylic oxidation sites excluding steroid dienone is 1. The maximum Gasteiger partial charge on any atom is 0.0998 e. The molecule has 0 saturated heterocycles. The predicted molar refractivity (Wildman–Crippen MR) is 135 cm³/mol. The molecule has 0 amide bonds. The highest BCUT2D eigenvalue weighted by atomic mass is 35.5. The molecule has 0 N–H and O–H groups in total. The molecule has 1 aromatic heterocycles. The molecule has 0 bridgehead atoms. The number of hydrogen-bond acceptors (Lipinski definition) is 1. The van der Waals surface area contributed by atoms with Gasteiger partial charge in [0.25, 0.3) is 0 Å². The first kappa shape index (κ1) is 20.4. The van der Waals surface area contributed by atoms with E-state index in [4.69, 9.17) is 23.2 Å². The fraction of sp³-hybridized carbons (Fsp3) is 0.0357. The number of benzene rings is 4. The third kappa shape index (κ3) is 3.89. The van der Waals surface area contributed by atoms with Gasteiger partial charge in [0.05, 0.1) is 11.6 Å². The first-order valence-corrected chi connectivity index (χ1v) is 11.0. The quantitative estimate of drug-likeness (QED) is 0.252. The summed E-state index contributed by atoms with van der Waals surface area (Å²) in [5, 5.41) is 14.6. The number of fused-ring (bicyclic) bond motifs is 2. The SMILES string of the molecule is N#CC(=Cc1cn(Cc2ccc(Cl)cc2Cl)c2ccccc12)c1ccc2ccccc2c1. The minimum absolute atomic E-state index is 0.613. The lowest BCUT2D eigenvalue weighted by Crippen LogP contribution is -1.98. The summed E-state index contributed by atoms with van der Waals surface area (Å²) in [7, 11) is 0. The number of halogens is 2. The van der Waals surface area contributed by atoms with Crippen LogP contribution in [0.2, 0.25) is 10.0 Å². The van der Waals surface area contributed by atoms with E-state index in [0.717, 1.165) is 38.4 Å². The summed E-state index contributed by atoms with van der Waals surface area (Å²) in [6.07, 6.45) is 4.04. The van der Waals surface area contributed by atoms with Crippen molar-refractivity contribution >= 4 is 56.5 Å². The Kier molecular flexibility index (Phi) is 5.45. The Balaban J connectivity index is 1.60. The van der Waals surface area contributed by atoms with E-state index in [9.17, 15) is 5.26 Å². The van der Waals surface area contributed by atoms with Crippen LogP contribution in [0, 0.1) is 11.3 Å². The minimum Gasteiger partial charge on any atom is -0.342 e. The summed E-state index contributed by atoms with van der Waals surface area (Å²) >= 11 is 12.5. The lowest BCUT2D eigenvalue weighted by Gasteiger charge is -2.08. The predicted octanol–water partition coefficient (Wildman–Crippen LogP) is 8.21. The Morgan fingerprint density at radius 3 is 2.47 bits per heavy atom. The summed E-state index contributed by atoms with van der Waals surface area (Å²) in [5.74, 6) is 0. The van der Waals surface area contributed by atoms with E-state index in [-0.39, 0.29) is 0 Å². The molecule has 0 aliphatic heterocycles. The minimum atomic E-state index is 0.613. The molecule has 0 aliphatic carbocycles. The maximum atomic E-state index is 9.93. The van der Waals surface area contributed by atoms with Crippen LogP contribution in [0.1, 0.15) is 16.7 Å². The number of para-hydroxylation sites is 1. The molecular weight excluding hydrogens is 435 g/mol. The molecule has 5 aromatic rings. The van der Waals surface area contributed by atoms with Gasteiger partial charge in [0.2, 0.25) is 0 Å². The van der Waals surface area contributed by atoms with Crippen molar-refractivity contribution in [1.29, 1.82) is 5.26 Å². The lowest BCUT2D eigenvalue weighted by molar-refractivity contribution is 0.836. The first-order valence-electron chi connectivity index (χ1n) is 10.2. The summed E-state index contributed by atoms with van der Waals surface area (Å²) in [6, 6.07) is 30.4. The van der Waals surface area contributed by atoms with Crippen molar-refractivity contribution in [3.05, 3.63) is 118 Å². The van der Waals surface area contributed by atoms with Crippen molar-refractivity contribution in [2.45, 2.75) is 6.54 Å². The molecule has 0 aliphatic rings. The number of hydrogen-bond donors (Lipinski definition) is 0. The van der Waals surface area contributed by atoms with Crippen molar-refractivity contribution in [2.75, 3.05) is 0 Å². The van der Waals surface area contributed by atoms with Crippen LogP contribution in [0.5, 0.6) is 0 Å². The second kappa shape index (κ2) is 8.55. The highest BCUT2D eigenvalue weighted by molar-refractivity contribution is 6.35. The van der Waals surface area contributed by atoms with Gasteiger partial charge in [-0.25, -0.2) is 0 Å². The normalized spacial score (nSPS) is 11.7. The van der Waals surface area contributed by atoms with E-state index in [1.54, 1.807) is 6.07 Å². The van der Waals surface area contributed by atoms with Crippen molar-refractivity contribution < 1.29 is 0 Å². The molecule has 2 nitrogen and oxygen atoms in total. The van der Waals surface area contributed by atoms with E-state index >= 15 is 0 Å². The number of nitriles is 1. The molecule has 1 heterocycles. The lowest BCUT2D eigenvalue weighted by atomic mass is 10.00. The zero-order valence-electron chi connectivity index (χ0n) is 17.1. The molecule has 154 valence electrons. The molecule has 0 unspecified atom stereocenters. The Morgan fingerprint density at radius 2 is 1.66 bits per heavy atom. The third-order valence-corrected chi connectivity index (χ3v) is 6.24. The molecule has 0 spiro atoms. The molecule has 0 fully saturated rings. The Labute approximate surface area is 196 Å². The fourth-order valence-electron chi connectivity index (χ4n) is 4.05. The first-order chi connectivity index (χ1) is 15.6. The topological polar surface area (TPSA) is 28.7 Å². The van der Waals surface area contributed by atoms with Crippen LogP contribution >= 0.6 is 23.2 Å². The van der Waals surface area contributed by atoms with Gasteiger partial charge in [-0.2, -0.15) is 5.26 Å². The zero-order valence-corrected chi connectivity index (χ0v) is 18.6. The average Bonchev–Trinajstić information content (AvgIpc) is 3.16. The van der Waals surface area contributed by atoms with Gasteiger partial charge >= 0.3 is 0 Å². The summed E-state index contributed by atoms with van der Waals surface area (Å²) in [5.41, 5.74) is 4.60. The smallest absolute Gasteiger partial charge is 0.0998 e. The molecular formula is C28H18Cl2N2. The van der Waals surface area contributed by atoms with Crippen LogP contribution < -0.4 is 0 Å². The van der Waals surface area contributed by atoms with Crippen molar-refractivity contribution in [3.63, 3.8) is 0 Å². The Hall–Kier alpha value is -3.51. The highest BCUT2D eigenvalue weighted by Gasteiger charge is 2.11. The molecule has 0 saturated carbocycles. The van der Waals surface area contributed by atoms with Gasteiger partial charge in [-0.3, -0.25) is 0 Å². The Morgan fingerprint density at radius 1 is 0.875 bits per heavy atom. The summed E-state index contributed by atoms with van der Waals surface area (Å²) in [4.78, 5) is 0. The molecule has 4 aromatic carbocycles. The second-order valence-electron chi connectivity index (χ2n) is 7.70.